The SMILES string of the molecule is C=Cc1nn(-c2ccnc(SCC(OCC)=C3CC3)n2)cc1CC. The summed E-state index contributed by atoms with van der Waals surface area (Å²) in [7, 11) is 0. The predicted molar refractivity (Wildman–Crippen MR) is 97.2 cm³/mol. The lowest BCUT2D eigenvalue weighted by atomic mass is 10.2. The second kappa shape index (κ2) is 7.66. The number of allylic oxidation sites excluding steroid dienone is 1. The summed E-state index contributed by atoms with van der Waals surface area (Å²) in [5, 5.41) is 5.27. The predicted octanol–water partition coefficient (Wildman–Crippen LogP) is 4.04. The van der Waals surface area contributed by atoms with Crippen LogP contribution in [0.25, 0.3) is 11.9 Å². The second-order valence-electron chi connectivity index (χ2n) is 5.49. The Morgan fingerprint density at radius 2 is 2.25 bits per heavy atom. The van der Waals surface area contributed by atoms with Gasteiger partial charge in [0, 0.05) is 18.5 Å². The van der Waals surface area contributed by atoms with E-state index in [1.807, 2.05) is 19.2 Å². The maximum atomic E-state index is 5.73. The topological polar surface area (TPSA) is 52.8 Å². The fourth-order valence-corrected chi connectivity index (χ4v) is 3.25. The van der Waals surface area contributed by atoms with Crippen LogP contribution in [-0.2, 0) is 11.2 Å². The van der Waals surface area contributed by atoms with Crippen LogP contribution >= 0.6 is 11.8 Å². The highest BCUT2D eigenvalue weighted by molar-refractivity contribution is 7.99. The lowest BCUT2D eigenvalue weighted by Gasteiger charge is -2.08. The number of hydrogen-bond donors (Lipinski definition) is 0. The highest BCUT2D eigenvalue weighted by Gasteiger charge is 2.19. The Labute approximate surface area is 146 Å². The Morgan fingerprint density at radius 1 is 1.42 bits per heavy atom. The highest BCUT2D eigenvalue weighted by atomic mass is 32.2. The van der Waals surface area contributed by atoms with Gasteiger partial charge in [-0.15, -0.1) is 0 Å². The molecule has 2 heterocycles. The van der Waals surface area contributed by atoms with Crippen molar-refractivity contribution < 1.29 is 4.74 Å². The van der Waals surface area contributed by atoms with Crippen molar-refractivity contribution in [2.45, 2.75) is 38.3 Å². The van der Waals surface area contributed by atoms with Crippen LogP contribution in [0.5, 0.6) is 0 Å². The minimum Gasteiger partial charge on any atom is -0.497 e. The van der Waals surface area contributed by atoms with Crippen molar-refractivity contribution in [3.63, 3.8) is 0 Å². The molecule has 126 valence electrons. The smallest absolute Gasteiger partial charge is 0.189 e. The molecule has 0 N–H and O–H groups in total. The van der Waals surface area contributed by atoms with Gasteiger partial charge in [-0.2, -0.15) is 5.10 Å². The summed E-state index contributed by atoms with van der Waals surface area (Å²) in [4.78, 5) is 8.98. The average molecular weight is 342 g/mol. The van der Waals surface area contributed by atoms with Gasteiger partial charge in [-0.3, -0.25) is 0 Å². The lowest BCUT2D eigenvalue weighted by Crippen LogP contribution is -2.01. The molecule has 0 saturated heterocycles. The van der Waals surface area contributed by atoms with Gasteiger partial charge in [-0.1, -0.05) is 25.3 Å². The molecule has 3 rings (SSSR count). The molecule has 2 aromatic heterocycles. The molecule has 6 heteroatoms. The van der Waals surface area contributed by atoms with Gasteiger partial charge in [0.05, 0.1) is 18.1 Å². The van der Waals surface area contributed by atoms with Crippen LogP contribution in [-0.4, -0.2) is 32.1 Å². The van der Waals surface area contributed by atoms with E-state index in [0.717, 1.165) is 53.0 Å². The summed E-state index contributed by atoms with van der Waals surface area (Å²) in [5.74, 6) is 2.65. The third-order valence-electron chi connectivity index (χ3n) is 3.80. The number of ether oxygens (including phenoxy) is 1. The van der Waals surface area contributed by atoms with Crippen molar-refractivity contribution in [1.29, 1.82) is 0 Å². The van der Waals surface area contributed by atoms with E-state index in [9.17, 15) is 0 Å². The molecule has 1 fully saturated rings. The molecule has 5 nitrogen and oxygen atoms in total. The first-order valence-corrected chi connectivity index (χ1v) is 9.24. The van der Waals surface area contributed by atoms with E-state index in [4.69, 9.17) is 4.74 Å². The van der Waals surface area contributed by atoms with Gasteiger partial charge in [0.15, 0.2) is 11.0 Å². The van der Waals surface area contributed by atoms with E-state index in [0.29, 0.717) is 6.61 Å². The third kappa shape index (κ3) is 3.87. The lowest BCUT2D eigenvalue weighted by molar-refractivity contribution is 0.231. The van der Waals surface area contributed by atoms with Crippen LogP contribution in [0.15, 0.2) is 41.5 Å². The Bertz CT molecular complexity index is 760. The quantitative estimate of drug-likeness (QED) is 0.412. The number of aromatic nitrogens is 4. The van der Waals surface area contributed by atoms with Crippen molar-refractivity contribution in [1.82, 2.24) is 19.7 Å². The number of aryl methyl sites for hydroxylation is 1. The molecule has 0 aromatic carbocycles. The van der Waals surface area contributed by atoms with E-state index < -0.39 is 0 Å². The Morgan fingerprint density at radius 3 is 2.88 bits per heavy atom. The summed E-state index contributed by atoms with van der Waals surface area (Å²) >= 11 is 1.60. The molecular weight excluding hydrogens is 320 g/mol. The molecule has 0 bridgehead atoms. The number of hydrogen-bond acceptors (Lipinski definition) is 5. The Hall–Kier alpha value is -2.08. The van der Waals surface area contributed by atoms with Crippen LogP contribution in [0.2, 0.25) is 0 Å². The van der Waals surface area contributed by atoms with Crippen LogP contribution < -0.4 is 0 Å². The second-order valence-corrected chi connectivity index (χ2v) is 6.43. The molecule has 2 aromatic rings. The van der Waals surface area contributed by atoms with Gasteiger partial charge < -0.3 is 4.74 Å². The van der Waals surface area contributed by atoms with E-state index in [1.54, 1.807) is 28.7 Å². The van der Waals surface area contributed by atoms with E-state index in [-0.39, 0.29) is 0 Å². The van der Waals surface area contributed by atoms with Crippen molar-refractivity contribution in [3.05, 3.63) is 47.6 Å². The van der Waals surface area contributed by atoms with Crippen LogP contribution in [0, 0.1) is 0 Å². The summed E-state index contributed by atoms with van der Waals surface area (Å²) < 4.78 is 7.52. The van der Waals surface area contributed by atoms with Crippen LogP contribution in [0.4, 0.5) is 0 Å². The molecule has 1 aliphatic carbocycles. The first-order chi connectivity index (χ1) is 11.7. The average Bonchev–Trinajstić information content (AvgIpc) is 3.37. The molecule has 0 unspecified atom stereocenters. The molecule has 0 aliphatic heterocycles. The van der Waals surface area contributed by atoms with Crippen LogP contribution in [0.1, 0.15) is 37.9 Å². The molecule has 0 spiro atoms. The van der Waals surface area contributed by atoms with E-state index >= 15 is 0 Å². The van der Waals surface area contributed by atoms with Crippen molar-refractivity contribution >= 4 is 17.8 Å². The molecule has 1 aliphatic rings. The van der Waals surface area contributed by atoms with Crippen molar-refractivity contribution in [2.75, 3.05) is 12.4 Å². The summed E-state index contributed by atoms with van der Waals surface area (Å²) in [6.07, 6.45) is 8.80. The molecule has 0 radical (unpaired) electrons. The monoisotopic (exact) mass is 342 g/mol. The van der Waals surface area contributed by atoms with Gasteiger partial charge in [0.1, 0.15) is 5.76 Å². The van der Waals surface area contributed by atoms with Gasteiger partial charge in [0.2, 0.25) is 0 Å². The fourth-order valence-electron chi connectivity index (χ4n) is 2.41. The third-order valence-corrected chi connectivity index (χ3v) is 4.66. The van der Waals surface area contributed by atoms with Gasteiger partial charge in [-0.25, -0.2) is 14.6 Å². The summed E-state index contributed by atoms with van der Waals surface area (Å²) in [6.45, 7) is 8.65. The maximum absolute atomic E-state index is 5.73. The zero-order valence-corrected chi connectivity index (χ0v) is 15.0. The highest BCUT2D eigenvalue weighted by Crippen LogP contribution is 2.34. The molecule has 24 heavy (non-hydrogen) atoms. The number of thioether (sulfide) groups is 1. The zero-order chi connectivity index (χ0) is 16.9. The standard InChI is InChI=1S/C18H22N4OS/c1-4-13-11-22(21-15(13)5-2)17-9-10-19-18(20-17)24-12-16(23-6-3)14-7-8-14/h5,9-11H,2,4,6-8,12H2,1,3H3. The normalized spacial score (nSPS) is 13.0. The minimum absolute atomic E-state index is 0.706. The van der Waals surface area contributed by atoms with Crippen molar-refractivity contribution in [3.8, 4) is 5.82 Å². The zero-order valence-electron chi connectivity index (χ0n) is 14.2. The summed E-state index contributed by atoms with van der Waals surface area (Å²) in [5.41, 5.74) is 3.49. The maximum Gasteiger partial charge on any atom is 0.189 e. The minimum atomic E-state index is 0.706. The summed E-state index contributed by atoms with van der Waals surface area (Å²) in [6, 6.07) is 1.87. The first kappa shape index (κ1) is 16.8. The number of rotatable bonds is 8. The van der Waals surface area contributed by atoms with Gasteiger partial charge in [0.25, 0.3) is 0 Å². The molecule has 1 saturated carbocycles. The van der Waals surface area contributed by atoms with Gasteiger partial charge in [-0.05, 0) is 43.4 Å². The Kier molecular flexibility index (Phi) is 5.35. The van der Waals surface area contributed by atoms with Crippen molar-refractivity contribution in [2.24, 2.45) is 0 Å². The molecule has 0 atom stereocenters. The fraction of sp³-hybridized carbons (Fsp3) is 0.389. The van der Waals surface area contributed by atoms with E-state index in [2.05, 4.69) is 28.6 Å². The van der Waals surface area contributed by atoms with E-state index in [1.165, 1.54) is 5.57 Å². The number of nitrogens with zero attached hydrogens (tertiary/aromatic N) is 4. The van der Waals surface area contributed by atoms with Crippen LogP contribution in [0.3, 0.4) is 0 Å². The molecule has 0 amide bonds. The largest absolute Gasteiger partial charge is 0.497 e. The Balaban J connectivity index is 1.75. The van der Waals surface area contributed by atoms with Gasteiger partial charge >= 0.3 is 0 Å². The first-order valence-electron chi connectivity index (χ1n) is 8.26. The molecular formula is C18H22N4OS.